The second-order valence-electron chi connectivity index (χ2n) is 4.82. The molecule has 1 unspecified atom stereocenters. The third kappa shape index (κ3) is 3.01. The van der Waals surface area contributed by atoms with Crippen LogP contribution in [0.25, 0.3) is 11.0 Å². The Morgan fingerprint density at radius 1 is 1.37 bits per heavy atom. The van der Waals surface area contributed by atoms with Gasteiger partial charge in [-0.25, -0.2) is 9.97 Å². The van der Waals surface area contributed by atoms with Crippen LogP contribution >= 0.6 is 0 Å². The van der Waals surface area contributed by atoms with E-state index in [1.54, 1.807) is 12.5 Å². The van der Waals surface area contributed by atoms with E-state index in [4.69, 9.17) is 5.73 Å². The Labute approximate surface area is 116 Å². The van der Waals surface area contributed by atoms with Crippen molar-refractivity contribution < 1.29 is 4.55 Å². The van der Waals surface area contributed by atoms with Crippen molar-refractivity contribution in [2.45, 2.75) is 33.2 Å². The molecule has 2 aromatic rings. The van der Waals surface area contributed by atoms with Crippen LogP contribution in [0.3, 0.4) is 0 Å². The molecule has 0 saturated carbocycles. The highest BCUT2D eigenvalue weighted by Gasteiger charge is 2.13. The lowest BCUT2D eigenvalue weighted by atomic mass is 10.2. The fourth-order valence-electron chi connectivity index (χ4n) is 2.28. The highest BCUT2D eigenvalue weighted by molar-refractivity contribution is 7.90. The number of nitrogens with zero attached hydrogens (tertiary/aromatic N) is 3. The first kappa shape index (κ1) is 14.1. The molecule has 0 aliphatic heterocycles. The number of imidazole rings is 1. The minimum Gasteiger partial charge on any atom is -0.617 e. The van der Waals surface area contributed by atoms with Crippen LogP contribution < -0.4 is 5.73 Å². The number of aryl methyl sites for hydroxylation is 3. The van der Waals surface area contributed by atoms with Crippen molar-refractivity contribution >= 4 is 28.0 Å². The zero-order valence-electron chi connectivity index (χ0n) is 11.6. The summed E-state index contributed by atoms with van der Waals surface area (Å²) in [5.41, 5.74) is 8.82. The molecule has 0 saturated heterocycles. The number of rotatable bonds is 5. The Bertz CT molecular complexity index is 580. The molecule has 0 aliphatic rings. The highest BCUT2D eigenvalue weighted by Crippen LogP contribution is 2.23. The van der Waals surface area contributed by atoms with Crippen molar-refractivity contribution in [2.75, 3.05) is 17.7 Å². The normalized spacial score (nSPS) is 13.1. The lowest BCUT2D eigenvalue weighted by Crippen LogP contribution is -2.06. The molecule has 0 amide bonds. The van der Waals surface area contributed by atoms with Crippen molar-refractivity contribution in [2.24, 2.45) is 0 Å². The number of unbranched alkanes of at least 4 members (excludes halogenated alkanes) is 1. The summed E-state index contributed by atoms with van der Waals surface area (Å²) in [6.45, 7) is 4.88. The maximum absolute atomic E-state index is 11.1. The largest absolute Gasteiger partial charge is 0.617 e. The number of hydrogen-bond donors (Lipinski definition) is 1. The molecule has 0 spiro atoms. The van der Waals surface area contributed by atoms with Crippen molar-refractivity contribution in [3.8, 4) is 0 Å². The molecule has 2 heterocycles. The Morgan fingerprint density at radius 3 is 2.79 bits per heavy atom. The van der Waals surface area contributed by atoms with Gasteiger partial charge < -0.3 is 14.9 Å². The van der Waals surface area contributed by atoms with Crippen LogP contribution in [-0.2, 0) is 17.7 Å². The van der Waals surface area contributed by atoms with Gasteiger partial charge >= 0.3 is 0 Å². The lowest BCUT2D eigenvalue weighted by Gasteiger charge is -2.09. The summed E-state index contributed by atoms with van der Waals surface area (Å²) in [6, 6.07) is 0. The van der Waals surface area contributed by atoms with E-state index in [2.05, 4.69) is 14.5 Å². The van der Waals surface area contributed by atoms with E-state index in [0.717, 1.165) is 47.6 Å². The molecule has 2 aromatic heterocycles. The Morgan fingerprint density at radius 2 is 2.11 bits per heavy atom. The van der Waals surface area contributed by atoms with Crippen LogP contribution in [0.5, 0.6) is 0 Å². The molecule has 0 bridgehead atoms. The van der Waals surface area contributed by atoms with Gasteiger partial charge in [0.2, 0.25) is 0 Å². The van der Waals surface area contributed by atoms with Gasteiger partial charge in [0.1, 0.15) is 17.1 Å². The van der Waals surface area contributed by atoms with Crippen molar-refractivity contribution in [1.82, 2.24) is 14.5 Å². The quantitative estimate of drug-likeness (QED) is 0.669. The Hall–Kier alpha value is -1.27. The van der Waals surface area contributed by atoms with E-state index in [1.807, 2.05) is 13.8 Å². The molecule has 0 aliphatic carbocycles. The molecular formula is C13H20N4OS. The summed E-state index contributed by atoms with van der Waals surface area (Å²) in [4.78, 5) is 8.65. The molecule has 0 fully saturated rings. The standard InChI is InChI=1S/C13H20N4OS/c1-9-8-15-13(14)11-12(9)17(10(2)16-11)6-4-5-7-19(3)18/h8H,4-7H2,1-3H3,(H2,14,15). The highest BCUT2D eigenvalue weighted by atomic mass is 32.2. The summed E-state index contributed by atoms with van der Waals surface area (Å²) in [6.07, 6.45) is 5.49. The molecule has 19 heavy (non-hydrogen) atoms. The number of aromatic nitrogens is 3. The van der Waals surface area contributed by atoms with Crippen LogP contribution in [0.2, 0.25) is 0 Å². The summed E-state index contributed by atoms with van der Waals surface area (Å²) < 4.78 is 13.2. The number of anilines is 1. The molecule has 104 valence electrons. The minimum atomic E-state index is -0.709. The summed E-state index contributed by atoms with van der Waals surface area (Å²) in [7, 11) is 0. The van der Waals surface area contributed by atoms with E-state index in [0.29, 0.717) is 5.82 Å². The zero-order chi connectivity index (χ0) is 14.0. The van der Waals surface area contributed by atoms with Crippen LogP contribution in [0.1, 0.15) is 24.2 Å². The van der Waals surface area contributed by atoms with Crippen molar-refractivity contribution in [3.63, 3.8) is 0 Å². The molecular weight excluding hydrogens is 260 g/mol. The fourth-order valence-corrected chi connectivity index (χ4v) is 2.89. The Kier molecular flexibility index (Phi) is 4.31. The van der Waals surface area contributed by atoms with Crippen LogP contribution in [0, 0.1) is 13.8 Å². The predicted octanol–water partition coefficient (Wildman–Crippen LogP) is 1.79. The van der Waals surface area contributed by atoms with E-state index in [9.17, 15) is 4.55 Å². The van der Waals surface area contributed by atoms with Crippen LogP contribution in [0.15, 0.2) is 6.20 Å². The van der Waals surface area contributed by atoms with E-state index >= 15 is 0 Å². The van der Waals surface area contributed by atoms with Gasteiger partial charge in [-0.2, -0.15) is 0 Å². The second kappa shape index (κ2) is 5.79. The van der Waals surface area contributed by atoms with Gasteiger partial charge in [-0.1, -0.05) is 11.2 Å². The molecule has 6 heteroatoms. The van der Waals surface area contributed by atoms with Gasteiger partial charge in [0.05, 0.1) is 11.8 Å². The summed E-state index contributed by atoms with van der Waals surface area (Å²) in [5, 5.41) is 0. The lowest BCUT2D eigenvalue weighted by molar-refractivity contribution is 0.587. The molecule has 2 rings (SSSR count). The molecule has 5 nitrogen and oxygen atoms in total. The van der Waals surface area contributed by atoms with Gasteiger partial charge in [0.25, 0.3) is 0 Å². The minimum absolute atomic E-state index is 0.483. The molecule has 0 radical (unpaired) electrons. The number of nitrogens with two attached hydrogens (primary N) is 1. The number of nitrogen functional groups attached to an aromatic ring is 1. The van der Waals surface area contributed by atoms with Crippen LogP contribution in [-0.4, -0.2) is 31.1 Å². The topological polar surface area (TPSA) is 79.8 Å². The Balaban J connectivity index is 2.23. The van der Waals surface area contributed by atoms with E-state index in [-0.39, 0.29) is 0 Å². The van der Waals surface area contributed by atoms with Crippen molar-refractivity contribution in [1.29, 1.82) is 0 Å². The van der Waals surface area contributed by atoms with Gasteiger partial charge in [-0.05, 0) is 32.3 Å². The molecule has 0 aromatic carbocycles. The van der Waals surface area contributed by atoms with Gasteiger partial charge in [0.15, 0.2) is 5.82 Å². The number of pyridine rings is 1. The first-order chi connectivity index (χ1) is 9.00. The zero-order valence-corrected chi connectivity index (χ0v) is 12.5. The summed E-state index contributed by atoms with van der Waals surface area (Å²) >= 11 is -0.709. The van der Waals surface area contributed by atoms with Gasteiger partial charge in [-0.3, -0.25) is 0 Å². The molecule has 1 atom stereocenters. The number of fused-ring (bicyclic) bond motifs is 1. The first-order valence-electron chi connectivity index (χ1n) is 6.38. The maximum Gasteiger partial charge on any atom is 0.151 e. The monoisotopic (exact) mass is 280 g/mol. The fraction of sp³-hybridized carbons (Fsp3) is 0.538. The molecule has 2 N–H and O–H groups in total. The average Bonchev–Trinajstić information content (AvgIpc) is 2.68. The van der Waals surface area contributed by atoms with Crippen molar-refractivity contribution in [3.05, 3.63) is 17.6 Å². The van der Waals surface area contributed by atoms with Gasteiger partial charge in [0, 0.05) is 12.7 Å². The number of hydrogen-bond acceptors (Lipinski definition) is 4. The first-order valence-corrected chi connectivity index (χ1v) is 8.11. The predicted molar refractivity (Wildman–Crippen MR) is 79.6 cm³/mol. The smallest absolute Gasteiger partial charge is 0.151 e. The second-order valence-corrected chi connectivity index (χ2v) is 6.37. The third-order valence-electron chi connectivity index (χ3n) is 3.24. The average molecular weight is 280 g/mol. The van der Waals surface area contributed by atoms with E-state index < -0.39 is 11.2 Å². The van der Waals surface area contributed by atoms with Crippen LogP contribution in [0.4, 0.5) is 5.82 Å². The SMILES string of the molecule is Cc1cnc(N)c2nc(C)n(CCCC[S+](C)[O-])c12. The summed E-state index contributed by atoms with van der Waals surface area (Å²) in [5.74, 6) is 2.20. The van der Waals surface area contributed by atoms with E-state index in [1.165, 1.54) is 0 Å². The van der Waals surface area contributed by atoms with Gasteiger partial charge in [-0.15, -0.1) is 0 Å². The maximum atomic E-state index is 11.1. The third-order valence-corrected chi connectivity index (χ3v) is 4.10.